The number of benzene rings is 2. The molecule has 0 unspecified atom stereocenters. The van der Waals surface area contributed by atoms with Gasteiger partial charge in [-0.25, -0.2) is 4.79 Å². The van der Waals surface area contributed by atoms with Gasteiger partial charge >= 0.3 is 6.09 Å². The van der Waals surface area contributed by atoms with Gasteiger partial charge in [-0.05, 0) is 61.2 Å². The van der Waals surface area contributed by atoms with Gasteiger partial charge in [0.15, 0.2) is 11.5 Å². The molecule has 2 aliphatic heterocycles. The van der Waals surface area contributed by atoms with E-state index in [0.717, 1.165) is 60.3 Å². The van der Waals surface area contributed by atoms with E-state index in [1.807, 2.05) is 47.9 Å². The summed E-state index contributed by atoms with van der Waals surface area (Å²) in [6.07, 6.45) is 0.580. The van der Waals surface area contributed by atoms with E-state index in [1.165, 1.54) is 4.90 Å². The molecule has 196 valence electrons. The smallest absolute Gasteiger partial charge is 0.407 e. The minimum atomic E-state index is -0.915. The van der Waals surface area contributed by atoms with Crippen LogP contribution in [0.4, 0.5) is 4.79 Å². The van der Waals surface area contributed by atoms with Crippen LogP contribution in [0, 0.1) is 6.92 Å². The number of likely N-dealkylation sites (tertiary alicyclic amines) is 1. The first-order valence-corrected chi connectivity index (χ1v) is 12.7. The van der Waals surface area contributed by atoms with Crippen molar-refractivity contribution >= 4 is 17.0 Å². The van der Waals surface area contributed by atoms with E-state index in [4.69, 9.17) is 14.2 Å². The lowest BCUT2D eigenvalue weighted by Gasteiger charge is -2.37. The fourth-order valence-corrected chi connectivity index (χ4v) is 5.32. The molecule has 3 heterocycles. The van der Waals surface area contributed by atoms with Crippen molar-refractivity contribution in [3.05, 3.63) is 63.9 Å². The van der Waals surface area contributed by atoms with Gasteiger partial charge in [-0.2, -0.15) is 0 Å². The van der Waals surface area contributed by atoms with Crippen LogP contribution < -0.4 is 19.8 Å². The topological polar surface area (TPSA) is 93.5 Å². The highest BCUT2D eigenvalue weighted by Gasteiger charge is 2.28. The second-order valence-electron chi connectivity index (χ2n) is 9.66. The third kappa shape index (κ3) is 5.36. The Labute approximate surface area is 215 Å². The molecular formula is C28H33N3O6. The molecule has 1 aromatic heterocycles. The molecular weight excluding hydrogens is 474 g/mol. The number of nitrogens with zero attached hydrogens (tertiary/aromatic N) is 3. The summed E-state index contributed by atoms with van der Waals surface area (Å²) < 4.78 is 18.4. The highest BCUT2D eigenvalue weighted by atomic mass is 16.6. The van der Waals surface area contributed by atoms with Crippen molar-refractivity contribution in [1.82, 2.24) is 14.4 Å². The van der Waals surface area contributed by atoms with Crippen molar-refractivity contribution in [1.29, 1.82) is 0 Å². The normalized spacial score (nSPS) is 16.1. The maximum Gasteiger partial charge on any atom is 0.407 e. The quantitative estimate of drug-likeness (QED) is 0.521. The molecule has 1 saturated heterocycles. The number of fused-ring (bicyclic) bond motifs is 2. The lowest BCUT2D eigenvalue weighted by Crippen LogP contribution is -2.47. The monoisotopic (exact) mass is 507 g/mol. The van der Waals surface area contributed by atoms with Crippen LogP contribution in [0.1, 0.15) is 24.0 Å². The molecule has 1 N–H and O–H groups in total. The molecule has 0 saturated carbocycles. The SMILES string of the molecule is COc1ccc2c(c1)c(C)cc(=O)n2CCN1CCC(N(Cc2ccc3c(c2)OCCO3)C(=O)O)CC1. The van der Waals surface area contributed by atoms with E-state index >= 15 is 0 Å². The second-order valence-corrected chi connectivity index (χ2v) is 9.66. The summed E-state index contributed by atoms with van der Waals surface area (Å²) >= 11 is 0. The summed E-state index contributed by atoms with van der Waals surface area (Å²) in [4.78, 5) is 28.8. The van der Waals surface area contributed by atoms with Crippen LogP contribution in [-0.2, 0) is 13.1 Å². The van der Waals surface area contributed by atoms with Gasteiger partial charge in [0, 0.05) is 50.2 Å². The largest absolute Gasteiger partial charge is 0.497 e. The molecule has 9 nitrogen and oxygen atoms in total. The third-order valence-electron chi connectivity index (χ3n) is 7.37. The van der Waals surface area contributed by atoms with Gasteiger partial charge in [-0.1, -0.05) is 6.07 Å². The number of amides is 1. The molecule has 0 aliphatic carbocycles. The second kappa shape index (κ2) is 10.7. The summed E-state index contributed by atoms with van der Waals surface area (Å²) in [6.45, 7) is 6.14. The van der Waals surface area contributed by atoms with Crippen LogP contribution in [-0.4, -0.2) is 71.6 Å². The molecule has 0 bridgehead atoms. The standard InChI is InChI=1S/C28H33N3O6/c1-19-15-27(32)30(24-5-4-22(35-2)17-23(19)24)12-11-29-9-7-21(8-10-29)31(28(33)34)18-20-3-6-25-26(16-20)37-14-13-36-25/h3-6,15-17,21H,7-14,18H2,1-2H3,(H,33,34). The van der Waals surface area contributed by atoms with Crippen LogP contribution in [0.3, 0.4) is 0 Å². The van der Waals surface area contributed by atoms with Crippen LogP contribution in [0.5, 0.6) is 17.2 Å². The number of pyridine rings is 1. The maximum atomic E-state index is 12.8. The van der Waals surface area contributed by atoms with Crippen LogP contribution in [0.2, 0.25) is 0 Å². The number of hydrogen-bond acceptors (Lipinski definition) is 6. The first kappa shape index (κ1) is 25.0. The van der Waals surface area contributed by atoms with E-state index in [9.17, 15) is 14.7 Å². The number of carbonyl (C=O) groups is 1. The van der Waals surface area contributed by atoms with E-state index in [1.54, 1.807) is 13.2 Å². The lowest BCUT2D eigenvalue weighted by molar-refractivity contribution is 0.0856. The molecule has 1 amide bonds. The number of aromatic nitrogens is 1. The van der Waals surface area contributed by atoms with Crippen molar-refractivity contribution in [2.45, 2.75) is 38.9 Å². The van der Waals surface area contributed by atoms with Gasteiger partial charge in [-0.15, -0.1) is 0 Å². The van der Waals surface area contributed by atoms with E-state index in [0.29, 0.717) is 37.8 Å². The number of ether oxygens (including phenoxy) is 3. The van der Waals surface area contributed by atoms with E-state index in [-0.39, 0.29) is 11.6 Å². The lowest BCUT2D eigenvalue weighted by atomic mass is 10.0. The van der Waals surface area contributed by atoms with Gasteiger partial charge in [-0.3, -0.25) is 4.79 Å². The average molecular weight is 508 g/mol. The van der Waals surface area contributed by atoms with Crippen LogP contribution in [0.15, 0.2) is 47.3 Å². The molecule has 37 heavy (non-hydrogen) atoms. The van der Waals surface area contributed by atoms with Crippen LogP contribution >= 0.6 is 0 Å². The molecule has 5 rings (SSSR count). The Morgan fingerprint density at radius 1 is 1.05 bits per heavy atom. The Morgan fingerprint density at radius 3 is 2.54 bits per heavy atom. The number of rotatable bonds is 7. The summed E-state index contributed by atoms with van der Waals surface area (Å²) in [5.74, 6) is 2.13. The Morgan fingerprint density at radius 2 is 1.81 bits per heavy atom. The fraction of sp³-hybridized carbons (Fsp3) is 0.429. The predicted octanol–water partition coefficient (Wildman–Crippen LogP) is 3.73. The first-order chi connectivity index (χ1) is 17.9. The van der Waals surface area contributed by atoms with Crippen molar-refractivity contribution < 1.29 is 24.1 Å². The van der Waals surface area contributed by atoms with Gasteiger partial charge < -0.3 is 33.7 Å². The number of methoxy groups -OCH3 is 1. The molecule has 0 radical (unpaired) electrons. The van der Waals surface area contributed by atoms with Crippen molar-refractivity contribution in [3.63, 3.8) is 0 Å². The zero-order chi connectivity index (χ0) is 25.9. The van der Waals surface area contributed by atoms with Gasteiger partial charge in [0.05, 0.1) is 12.6 Å². The average Bonchev–Trinajstić information content (AvgIpc) is 2.91. The van der Waals surface area contributed by atoms with Crippen molar-refractivity contribution in [2.75, 3.05) is 40.0 Å². The van der Waals surface area contributed by atoms with Gasteiger partial charge in [0.2, 0.25) is 0 Å². The zero-order valence-corrected chi connectivity index (χ0v) is 21.3. The van der Waals surface area contributed by atoms with E-state index in [2.05, 4.69) is 4.90 Å². The Hall–Kier alpha value is -3.72. The summed E-state index contributed by atoms with van der Waals surface area (Å²) in [5, 5.41) is 11.0. The van der Waals surface area contributed by atoms with E-state index < -0.39 is 6.09 Å². The number of hydrogen-bond donors (Lipinski definition) is 1. The number of piperidine rings is 1. The molecule has 9 heteroatoms. The Kier molecular flexibility index (Phi) is 7.23. The van der Waals surface area contributed by atoms with Crippen molar-refractivity contribution in [3.8, 4) is 17.2 Å². The summed E-state index contributed by atoms with van der Waals surface area (Å²) in [7, 11) is 1.64. The molecule has 2 aliphatic rings. The van der Waals surface area contributed by atoms with Crippen molar-refractivity contribution in [2.24, 2.45) is 0 Å². The number of carboxylic acid groups (broad SMARTS) is 1. The highest BCUT2D eigenvalue weighted by molar-refractivity contribution is 5.83. The molecule has 0 atom stereocenters. The molecule has 2 aromatic carbocycles. The fourth-order valence-electron chi connectivity index (χ4n) is 5.32. The molecule has 1 fully saturated rings. The predicted molar refractivity (Wildman–Crippen MR) is 140 cm³/mol. The Bertz CT molecular complexity index is 1350. The van der Waals surface area contributed by atoms with Crippen LogP contribution in [0.25, 0.3) is 10.9 Å². The highest BCUT2D eigenvalue weighted by Crippen LogP contribution is 2.32. The third-order valence-corrected chi connectivity index (χ3v) is 7.37. The maximum absolute atomic E-state index is 12.8. The molecule has 0 spiro atoms. The minimum absolute atomic E-state index is 0.0125. The van der Waals surface area contributed by atoms with Gasteiger partial charge in [0.1, 0.15) is 19.0 Å². The Balaban J connectivity index is 1.22. The number of aryl methyl sites for hydroxylation is 1. The molecule has 3 aromatic rings. The minimum Gasteiger partial charge on any atom is -0.497 e. The summed E-state index contributed by atoms with van der Waals surface area (Å²) in [5.41, 5.74) is 2.71. The van der Waals surface area contributed by atoms with Gasteiger partial charge in [0.25, 0.3) is 5.56 Å². The first-order valence-electron chi connectivity index (χ1n) is 12.7. The summed E-state index contributed by atoms with van der Waals surface area (Å²) in [6, 6.07) is 13.0. The zero-order valence-electron chi connectivity index (χ0n) is 21.3.